The number of aromatic nitrogens is 1. The second-order valence-electron chi connectivity index (χ2n) is 5.44. The van der Waals surface area contributed by atoms with Gasteiger partial charge < -0.3 is 9.47 Å². The van der Waals surface area contributed by atoms with Crippen molar-refractivity contribution in [3.8, 4) is 5.75 Å². The summed E-state index contributed by atoms with van der Waals surface area (Å²) in [6.45, 7) is 6.70. The van der Waals surface area contributed by atoms with Crippen LogP contribution >= 0.6 is 15.9 Å². The predicted molar refractivity (Wildman–Crippen MR) is 74.2 cm³/mol. The molecule has 1 amide bonds. The van der Waals surface area contributed by atoms with E-state index >= 15 is 0 Å². The van der Waals surface area contributed by atoms with E-state index in [1.54, 1.807) is 17.3 Å². The molecule has 0 spiro atoms. The monoisotopic (exact) mass is 328 g/mol. The molecule has 0 aromatic carbocycles. The first-order valence-electron chi connectivity index (χ1n) is 6.08. The number of hydrogen-bond acceptors (Lipinski definition) is 4. The standard InChI is InChI=1S/C13H17BrN2O3/c1-13(2,3)19-12(17)16-7-10(16)8-18-11-4-9(14)5-15-6-11/h4-6,10H,7-8H2,1-3H3. The Morgan fingerprint density at radius 1 is 1.53 bits per heavy atom. The SMILES string of the molecule is CC(C)(C)OC(=O)N1CC1COc1cncc(Br)c1. The fourth-order valence-corrected chi connectivity index (χ4v) is 1.87. The van der Waals surface area contributed by atoms with Crippen molar-refractivity contribution in [2.24, 2.45) is 0 Å². The van der Waals surface area contributed by atoms with Crippen LogP contribution in [0.1, 0.15) is 20.8 Å². The Morgan fingerprint density at radius 2 is 2.26 bits per heavy atom. The highest BCUT2D eigenvalue weighted by Crippen LogP contribution is 2.23. The number of halogens is 1. The van der Waals surface area contributed by atoms with Crippen molar-refractivity contribution in [3.63, 3.8) is 0 Å². The van der Waals surface area contributed by atoms with Gasteiger partial charge in [0.2, 0.25) is 0 Å². The van der Waals surface area contributed by atoms with Gasteiger partial charge >= 0.3 is 6.09 Å². The normalized spacial score (nSPS) is 18.1. The summed E-state index contributed by atoms with van der Waals surface area (Å²) >= 11 is 3.33. The quantitative estimate of drug-likeness (QED) is 0.800. The van der Waals surface area contributed by atoms with E-state index in [-0.39, 0.29) is 12.1 Å². The maximum absolute atomic E-state index is 11.7. The van der Waals surface area contributed by atoms with Crippen LogP contribution in [-0.4, -0.2) is 40.8 Å². The summed E-state index contributed by atoms with van der Waals surface area (Å²) in [6, 6.07) is 1.93. The van der Waals surface area contributed by atoms with Crippen LogP contribution in [0.15, 0.2) is 22.9 Å². The summed E-state index contributed by atoms with van der Waals surface area (Å²) in [5.74, 6) is 0.686. The molecule has 2 rings (SSSR count). The third-order valence-corrected chi connectivity index (χ3v) is 2.90. The van der Waals surface area contributed by atoms with Crippen LogP contribution in [0.5, 0.6) is 5.75 Å². The third kappa shape index (κ3) is 4.38. The van der Waals surface area contributed by atoms with Crippen molar-refractivity contribution >= 4 is 22.0 Å². The zero-order chi connectivity index (χ0) is 14.0. The molecule has 1 aromatic rings. The van der Waals surface area contributed by atoms with Gasteiger partial charge in [-0.05, 0) is 42.8 Å². The highest BCUT2D eigenvalue weighted by molar-refractivity contribution is 9.10. The summed E-state index contributed by atoms with van der Waals surface area (Å²) < 4.78 is 11.7. The Balaban J connectivity index is 1.77. The van der Waals surface area contributed by atoms with Gasteiger partial charge in [0.05, 0.1) is 12.2 Å². The summed E-state index contributed by atoms with van der Waals surface area (Å²) in [4.78, 5) is 17.4. The van der Waals surface area contributed by atoms with Crippen LogP contribution in [0.3, 0.4) is 0 Å². The van der Waals surface area contributed by atoms with Crippen molar-refractivity contribution in [2.45, 2.75) is 32.4 Å². The van der Waals surface area contributed by atoms with E-state index in [2.05, 4.69) is 20.9 Å². The molecular weight excluding hydrogens is 312 g/mol. The Kier molecular flexibility index (Phi) is 3.99. The molecule has 1 saturated heterocycles. The molecule has 1 unspecified atom stereocenters. The fraction of sp³-hybridized carbons (Fsp3) is 0.538. The highest BCUT2D eigenvalue weighted by Gasteiger charge is 2.41. The lowest BCUT2D eigenvalue weighted by Gasteiger charge is -2.19. The van der Waals surface area contributed by atoms with Gasteiger partial charge in [-0.3, -0.25) is 9.88 Å². The Hall–Kier alpha value is -1.30. The molecule has 0 N–H and O–H groups in total. The van der Waals surface area contributed by atoms with Crippen molar-refractivity contribution < 1.29 is 14.3 Å². The average Bonchev–Trinajstić information content (AvgIpc) is 3.03. The maximum Gasteiger partial charge on any atom is 0.410 e. The average molecular weight is 329 g/mol. The van der Waals surface area contributed by atoms with E-state index in [0.717, 1.165) is 4.47 Å². The van der Waals surface area contributed by atoms with E-state index in [9.17, 15) is 4.79 Å². The third-order valence-electron chi connectivity index (χ3n) is 2.46. The highest BCUT2D eigenvalue weighted by atomic mass is 79.9. The molecule has 1 aromatic heterocycles. The molecule has 2 heterocycles. The molecule has 19 heavy (non-hydrogen) atoms. The number of carbonyl (C=O) groups is 1. The molecule has 0 aliphatic carbocycles. The first kappa shape index (κ1) is 14.1. The predicted octanol–water partition coefficient (Wildman–Crippen LogP) is 2.84. The maximum atomic E-state index is 11.7. The van der Waals surface area contributed by atoms with Gasteiger partial charge in [0.15, 0.2) is 0 Å². The fourth-order valence-electron chi connectivity index (χ4n) is 1.53. The van der Waals surface area contributed by atoms with Gasteiger partial charge in [0.1, 0.15) is 18.0 Å². The number of carbonyl (C=O) groups excluding carboxylic acids is 1. The van der Waals surface area contributed by atoms with Crippen molar-refractivity contribution in [1.29, 1.82) is 0 Å². The molecule has 1 fully saturated rings. The van der Waals surface area contributed by atoms with Gasteiger partial charge in [-0.2, -0.15) is 0 Å². The van der Waals surface area contributed by atoms with Crippen LogP contribution in [-0.2, 0) is 4.74 Å². The topological polar surface area (TPSA) is 51.4 Å². The molecular formula is C13H17BrN2O3. The molecule has 0 bridgehead atoms. The largest absolute Gasteiger partial charge is 0.490 e. The summed E-state index contributed by atoms with van der Waals surface area (Å²) in [5, 5.41) is 0. The van der Waals surface area contributed by atoms with E-state index < -0.39 is 5.60 Å². The van der Waals surface area contributed by atoms with Crippen LogP contribution in [0.25, 0.3) is 0 Å². The van der Waals surface area contributed by atoms with E-state index in [1.807, 2.05) is 26.8 Å². The van der Waals surface area contributed by atoms with Crippen LogP contribution < -0.4 is 4.74 Å². The van der Waals surface area contributed by atoms with Crippen LogP contribution in [0, 0.1) is 0 Å². The van der Waals surface area contributed by atoms with E-state index in [1.165, 1.54) is 0 Å². The smallest absolute Gasteiger partial charge is 0.410 e. The molecule has 0 saturated carbocycles. The molecule has 5 nitrogen and oxygen atoms in total. The first-order valence-corrected chi connectivity index (χ1v) is 6.87. The second-order valence-corrected chi connectivity index (χ2v) is 6.35. The van der Waals surface area contributed by atoms with Gasteiger partial charge in [-0.25, -0.2) is 4.79 Å². The number of rotatable bonds is 3. The minimum Gasteiger partial charge on any atom is -0.490 e. The Morgan fingerprint density at radius 3 is 2.89 bits per heavy atom. The molecule has 1 atom stereocenters. The first-order chi connectivity index (χ1) is 8.85. The summed E-state index contributed by atoms with van der Waals surface area (Å²) in [5.41, 5.74) is -0.459. The molecule has 1 aliphatic rings. The van der Waals surface area contributed by atoms with Gasteiger partial charge in [0.25, 0.3) is 0 Å². The lowest BCUT2D eigenvalue weighted by atomic mass is 10.2. The van der Waals surface area contributed by atoms with Gasteiger partial charge in [0, 0.05) is 17.2 Å². The number of nitrogens with zero attached hydrogens (tertiary/aromatic N) is 2. The van der Waals surface area contributed by atoms with E-state index in [0.29, 0.717) is 18.9 Å². The van der Waals surface area contributed by atoms with Gasteiger partial charge in [-0.15, -0.1) is 0 Å². The molecule has 1 aliphatic heterocycles. The number of ether oxygens (including phenoxy) is 2. The van der Waals surface area contributed by atoms with Crippen molar-refractivity contribution in [3.05, 3.63) is 22.9 Å². The molecule has 104 valence electrons. The van der Waals surface area contributed by atoms with E-state index in [4.69, 9.17) is 9.47 Å². The molecule has 6 heteroatoms. The van der Waals surface area contributed by atoms with Gasteiger partial charge in [-0.1, -0.05) is 0 Å². The second kappa shape index (κ2) is 5.36. The summed E-state index contributed by atoms with van der Waals surface area (Å²) in [7, 11) is 0. The lowest BCUT2D eigenvalue weighted by molar-refractivity contribution is 0.0398. The number of amides is 1. The number of pyridine rings is 1. The minimum absolute atomic E-state index is 0.0915. The zero-order valence-corrected chi connectivity index (χ0v) is 12.8. The molecule has 0 radical (unpaired) electrons. The summed E-state index contributed by atoms with van der Waals surface area (Å²) in [6.07, 6.45) is 3.05. The Labute approximate surface area is 121 Å². The van der Waals surface area contributed by atoms with Crippen molar-refractivity contribution in [2.75, 3.05) is 13.2 Å². The Bertz CT molecular complexity index is 473. The lowest BCUT2D eigenvalue weighted by Crippen LogP contribution is -2.28. The zero-order valence-electron chi connectivity index (χ0n) is 11.2. The van der Waals surface area contributed by atoms with Crippen LogP contribution in [0.4, 0.5) is 4.79 Å². The van der Waals surface area contributed by atoms with Crippen LogP contribution in [0.2, 0.25) is 0 Å². The minimum atomic E-state index is -0.459. The van der Waals surface area contributed by atoms with Crippen molar-refractivity contribution in [1.82, 2.24) is 9.88 Å². The number of hydrogen-bond donors (Lipinski definition) is 0.